The molecular weight excluding hydrogens is 263 g/mol. The minimum Gasteiger partial charge on any atom is -0.454 e. The molecule has 90 valence electrons. The number of halogens is 2. The fraction of sp³-hybridized carbons (Fsp3) is 0.250. The molecule has 1 aliphatic heterocycles. The lowest BCUT2D eigenvalue weighted by molar-refractivity contribution is 0.104. The molecule has 0 radical (unpaired) electrons. The van der Waals surface area contributed by atoms with Gasteiger partial charge in [-0.15, -0.1) is 23.2 Å². The highest BCUT2D eigenvalue weighted by Gasteiger charge is 2.14. The number of ketones is 1. The quantitative estimate of drug-likeness (QED) is 0.479. The first-order chi connectivity index (χ1) is 8.16. The van der Waals surface area contributed by atoms with Crippen molar-refractivity contribution in [2.75, 3.05) is 6.79 Å². The molecule has 0 saturated heterocycles. The Morgan fingerprint density at radius 2 is 2.12 bits per heavy atom. The molecular formula is C12H10Cl2O3. The molecule has 1 aromatic carbocycles. The Kier molecular flexibility index (Phi) is 3.92. The molecule has 0 spiro atoms. The van der Waals surface area contributed by atoms with Crippen LogP contribution in [-0.4, -0.2) is 17.4 Å². The number of allylic oxidation sites excluding steroid dienone is 2. The largest absolute Gasteiger partial charge is 0.454 e. The second-order valence-electron chi connectivity index (χ2n) is 3.46. The zero-order valence-corrected chi connectivity index (χ0v) is 10.4. The Labute approximate surface area is 109 Å². The Hall–Kier alpha value is -1.19. The molecule has 0 fully saturated rings. The second kappa shape index (κ2) is 5.43. The third-order valence-electron chi connectivity index (χ3n) is 2.24. The summed E-state index contributed by atoms with van der Waals surface area (Å²) in [6, 6.07) is 5.07. The van der Waals surface area contributed by atoms with Crippen molar-refractivity contribution in [2.45, 2.75) is 11.3 Å². The van der Waals surface area contributed by atoms with E-state index in [2.05, 4.69) is 0 Å². The van der Waals surface area contributed by atoms with Crippen LogP contribution in [0.1, 0.15) is 16.8 Å². The lowest BCUT2D eigenvalue weighted by Crippen LogP contribution is -1.95. The first-order valence-corrected chi connectivity index (χ1v) is 5.93. The summed E-state index contributed by atoms with van der Waals surface area (Å²) in [4.78, 5) is 11.3. The third-order valence-corrected chi connectivity index (χ3v) is 2.60. The highest BCUT2D eigenvalue weighted by Crippen LogP contribution is 2.32. The number of rotatable bonds is 4. The molecule has 17 heavy (non-hydrogen) atoms. The van der Waals surface area contributed by atoms with Gasteiger partial charge in [-0.3, -0.25) is 4.79 Å². The van der Waals surface area contributed by atoms with Gasteiger partial charge in [-0.25, -0.2) is 0 Å². The van der Waals surface area contributed by atoms with Gasteiger partial charge in [0.15, 0.2) is 17.3 Å². The molecule has 1 aliphatic rings. The summed E-state index contributed by atoms with van der Waals surface area (Å²) in [5.74, 6) is 1.14. The number of ether oxygens (including phenoxy) is 2. The molecule has 0 aliphatic carbocycles. The molecule has 0 unspecified atom stereocenters. The molecule has 5 heteroatoms. The van der Waals surface area contributed by atoms with E-state index in [0.717, 1.165) is 0 Å². The van der Waals surface area contributed by atoms with E-state index in [1.165, 1.54) is 6.08 Å². The number of hydrogen-bond donors (Lipinski definition) is 0. The summed E-state index contributed by atoms with van der Waals surface area (Å²) in [5, 5.41) is 0. The highest BCUT2D eigenvalue weighted by molar-refractivity contribution is 6.44. The van der Waals surface area contributed by atoms with E-state index >= 15 is 0 Å². The van der Waals surface area contributed by atoms with Crippen molar-refractivity contribution in [3.05, 3.63) is 35.9 Å². The number of carbonyl (C=O) groups is 1. The van der Waals surface area contributed by atoms with Gasteiger partial charge >= 0.3 is 0 Å². The molecule has 3 nitrogen and oxygen atoms in total. The average molecular weight is 273 g/mol. The van der Waals surface area contributed by atoms with E-state index in [4.69, 9.17) is 32.7 Å². The average Bonchev–Trinajstić information content (AvgIpc) is 2.75. The Morgan fingerprint density at radius 1 is 1.35 bits per heavy atom. The van der Waals surface area contributed by atoms with Crippen molar-refractivity contribution in [1.82, 2.24) is 0 Å². The van der Waals surface area contributed by atoms with Crippen LogP contribution in [0.25, 0.3) is 0 Å². The fourth-order valence-electron chi connectivity index (χ4n) is 1.42. The van der Waals surface area contributed by atoms with Crippen LogP contribution in [0, 0.1) is 0 Å². The van der Waals surface area contributed by atoms with Gasteiger partial charge in [0, 0.05) is 5.56 Å². The van der Waals surface area contributed by atoms with E-state index in [1.807, 2.05) is 0 Å². The smallest absolute Gasteiger partial charge is 0.231 e. The molecule has 0 N–H and O–H groups in total. The predicted octanol–water partition coefficient (Wildman–Crippen LogP) is 3.35. The third kappa shape index (κ3) is 3.14. The van der Waals surface area contributed by atoms with E-state index in [0.29, 0.717) is 23.5 Å². The van der Waals surface area contributed by atoms with Crippen LogP contribution in [-0.2, 0) is 0 Å². The monoisotopic (exact) mass is 272 g/mol. The van der Waals surface area contributed by atoms with Crippen molar-refractivity contribution in [3.63, 3.8) is 0 Å². The molecule has 0 bridgehead atoms. The Balaban J connectivity index is 2.07. The number of hydrogen-bond acceptors (Lipinski definition) is 3. The minimum atomic E-state index is -0.490. The second-order valence-corrected chi connectivity index (χ2v) is 4.74. The van der Waals surface area contributed by atoms with Gasteiger partial charge in [-0.1, -0.05) is 6.08 Å². The molecule has 0 atom stereocenters. The lowest BCUT2D eigenvalue weighted by atomic mass is 10.1. The summed E-state index contributed by atoms with van der Waals surface area (Å²) in [6.45, 7) is 0.197. The molecule has 2 rings (SSSR count). The van der Waals surface area contributed by atoms with E-state index < -0.39 is 4.84 Å². The lowest BCUT2D eigenvalue weighted by Gasteiger charge is -1.99. The molecule has 0 saturated carbocycles. The van der Waals surface area contributed by atoms with Gasteiger partial charge in [-0.05, 0) is 30.7 Å². The van der Waals surface area contributed by atoms with Crippen molar-refractivity contribution in [1.29, 1.82) is 0 Å². The summed E-state index contributed by atoms with van der Waals surface area (Å²) >= 11 is 11.1. The standard InChI is InChI=1S/C12H10Cl2O3/c13-12(14)3-1-2-9(15)8-4-5-10-11(6-8)17-7-16-10/h1-2,4-6,12H,3,7H2. The van der Waals surface area contributed by atoms with Gasteiger partial charge in [0.2, 0.25) is 6.79 Å². The van der Waals surface area contributed by atoms with Gasteiger partial charge < -0.3 is 9.47 Å². The number of carbonyl (C=O) groups excluding carboxylic acids is 1. The van der Waals surface area contributed by atoms with Crippen molar-refractivity contribution in [3.8, 4) is 11.5 Å². The zero-order valence-electron chi connectivity index (χ0n) is 8.86. The molecule has 0 amide bonds. The molecule has 1 aromatic rings. The maximum absolute atomic E-state index is 11.8. The summed E-state index contributed by atoms with van der Waals surface area (Å²) in [5.41, 5.74) is 0.547. The molecule has 0 aromatic heterocycles. The number of benzene rings is 1. The number of fused-ring (bicyclic) bond motifs is 1. The van der Waals surface area contributed by atoms with E-state index in [1.54, 1.807) is 24.3 Å². The SMILES string of the molecule is O=C(C=CCC(Cl)Cl)c1ccc2c(c1)OCO2. The summed E-state index contributed by atoms with van der Waals surface area (Å²) < 4.78 is 10.4. The predicted molar refractivity (Wildman–Crippen MR) is 66.1 cm³/mol. The van der Waals surface area contributed by atoms with Crippen LogP contribution in [0.3, 0.4) is 0 Å². The van der Waals surface area contributed by atoms with Crippen LogP contribution in [0.15, 0.2) is 30.4 Å². The fourth-order valence-corrected chi connectivity index (χ4v) is 1.63. The van der Waals surface area contributed by atoms with Crippen molar-refractivity contribution < 1.29 is 14.3 Å². The summed E-state index contributed by atoms with van der Waals surface area (Å²) in [6.07, 6.45) is 3.55. The normalized spacial score (nSPS) is 13.6. The van der Waals surface area contributed by atoms with E-state index in [9.17, 15) is 4.79 Å². The Bertz CT molecular complexity index is 455. The Morgan fingerprint density at radius 3 is 2.88 bits per heavy atom. The topological polar surface area (TPSA) is 35.5 Å². The van der Waals surface area contributed by atoms with Gasteiger partial charge in [0.1, 0.15) is 4.84 Å². The van der Waals surface area contributed by atoms with Crippen LogP contribution >= 0.6 is 23.2 Å². The van der Waals surface area contributed by atoms with Gasteiger partial charge in [0.25, 0.3) is 0 Å². The van der Waals surface area contributed by atoms with Gasteiger partial charge in [-0.2, -0.15) is 0 Å². The maximum Gasteiger partial charge on any atom is 0.231 e. The van der Waals surface area contributed by atoms with Crippen LogP contribution in [0.5, 0.6) is 11.5 Å². The zero-order chi connectivity index (χ0) is 12.3. The van der Waals surface area contributed by atoms with Crippen LogP contribution < -0.4 is 9.47 Å². The number of alkyl halides is 2. The van der Waals surface area contributed by atoms with Crippen molar-refractivity contribution in [2.24, 2.45) is 0 Å². The van der Waals surface area contributed by atoms with Gasteiger partial charge in [0.05, 0.1) is 0 Å². The van der Waals surface area contributed by atoms with Crippen LogP contribution in [0.4, 0.5) is 0 Å². The minimum absolute atomic E-state index is 0.114. The first kappa shape index (κ1) is 12.3. The maximum atomic E-state index is 11.8. The molecule has 1 heterocycles. The summed E-state index contributed by atoms with van der Waals surface area (Å²) in [7, 11) is 0. The highest BCUT2D eigenvalue weighted by atomic mass is 35.5. The van der Waals surface area contributed by atoms with E-state index in [-0.39, 0.29) is 12.6 Å². The first-order valence-electron chi connectivity index (χ1n) is 5.05. The van der Waals surface area contributed by atoms with Crippen molar-refractivity contribution >= 4 is 29.0 Å². The van der Waals surface area contributed by atoms with Crippen LogP contribution in [0.2, 0.25) is 0 Å².